The van der Waals surface area contributed by atoms with Gasteiger partial charge in [-0.1, -0.05) is 41.9 Å². The molecular weight excluding hydrogens is 430 g/mol. The Morgan fingerprint density at radius 3 is 2.59 bits per heavy atom. The normalized spacial score (nSPS) is 10.7. The molecule has 0 atom stereocenters. The number of oxazole rings is 1. The molecule has 4 rings (SSSR count). The van der Waals surface area contributed by atoms with Crippen molar-refractivity contribution in [3.63, 3.8) is 0 Å². The van der Waals surface area contributed by atoms with Crippen LogP contribution in [0.5, 0.6) is 11.5 Å². The number of nitrogens with zero attached hydrogens (tertiary/aromatic N) is 1. The van der Waals surface area contributed by atoms with Crippen LogP contribution in [0.1, 0.15) is 27.4 Å². The Balaban J connectivity index is 1.42. The van der Waals surface area contributed by atoms with Crippen molar-refractivity contribution in [2.75, 3.05) is 0 Å². The average Bonchev–Trinajstić information content (AvgIpc) is 3.17. The lowest BCUT2D eigenvalue weighted by Gasteiger charge is -2.11. The van der Waals surface area contributed by atoms with Crippen LogP contribution in [0.3, 0.4) is 0 Å². The number of aromatic nitrogens is 1. The lowest BCUT2D eigenvalue weighted by molar-refractivity contribution is 0.0691. The highest BCUT2D eigenvalue weighted by Gasteiger charge is 2.13. The van der Waals surface area contributed by atoms with Crippen molar-refractivity contribution in [1.82, 2.24) is 4.98 Å². The first-order chi connectivity index (χ1) is 15.5. The summed E-state index contributed by atoms with van der Waals surface area (Å²) >= 11 is 5.97. The van der Waals surface area contributed by atoms with E-state index in [1.54, 1.807) is 0 Å². The number of halogens is 1. The molecule has 1 aromatic heterocycles. The van der Waals surface area contributed by atoms with Crippen LogP contribution in [0.15, 0.2) is 77.2 Å². The fourth-order valence-electron chi connectivity index (χ4n) is 3.10. The van der Waals surface area contributed by atoms with E-state index in [-0.39, 0.29) is 24.5 Å². The van der Waals surface area contributed by atoms with Crippen molar-refractivity contribution < 1.29 is 23.8 Å². The van der Waals surface area contributed by atoms with Gasteiger partial charge in [0, 0.05) is 10.6 Å². The minimum atomic E-state index is -1.08. The molecule has 0 saturated heterocycles. The van der Waals surface area contributed by atoms with Crippen molar-refractivity contribution >= 4 is 17.6 Å². The Morgan fingerprint density at radius 2 is 1.81 bits per heavy atom. The molecule has 0 unspecified atom stereocenters. The van der Waals surface area contributed by atoms with Crippen LogP contribution in [0, 0.1) is 6.92 Å². The number of aryl methyl sites for hydroxylation is 1. The van der Waals surface area contributed by atoms with E-state index in [0.717, 1.165) is 16.8 Å². The summed E-state index contributed by atoms with van der Waals surface area (Å²) in [7, 11) is 0. The van der Waals surface area contributed by atoms with E-state index >= 15 is 0 Å². The quantitative estimate of drug-likeness (QED) is 0.347. The summed E-state index contributed by atoms with van der Waals surface area (Å²) in [6.07, 6.45) is 0. The number of aromatic carboxylic acids is 1. The van der Waals surface area contributed by atoms with Crippen molar-refractivity contribution in [3.05, 3.63) is 100 Å². The van der Waals surface area contributed by atoms with Crippen LogP contribution in [-0.4, -0.2) is 16.1 Å². The monoisotopic (exact) mass is 449 g/mol. The lowest BCUT2D eigenvalue weighted by Crippen LogP contribution is -2.04. The Kier molecular flexibility index (Phi) is 6.42. The van der Waals surface area contributed by atoms with Gasteiger partial charge in [-0.15, -0.1) is 0 Å². The van der Waals surface area contributed by atoms with E-state index in [1.165, 1.54) is 18.2 Å². The molecule has 0 saturated carbocycles. The Morgan fingerprint density at radius 1 is 1.00 bits per heavy atom. The van der Waals surface area contributed by atoms with Gasteiger partial charge < -0.3 is 19.0 Å². The second-order valence-corrected chi connectivity index (χ2v) is 7.49. The van der Waals surface area contributed by atoms with Crippen molar-refractivity contribution in [2.45, 2.75) is 20.1 Å². The Hall–Kier alpha value is -3.77. The predicted molar refractivity (Wildman–Crippen MR) is 120 cm³/mol. The molecule has 1 heterocycles. The standard InChI is InChI=1S/C25H20ClNO5/c1-16-22(27-24(32-16)18-7-3-2-4-8-18)15-30-20-9-5-6-17(12-20)14-31-23-13-19(26)10-11-21(23)25(28)29/h2-13H,14-15H2,1H3,(H,28,29). The topological polar surface area (TPSA) is 81.8 Å². The smallest absolute Gasteiger partial charge is 0.339 e. The van der Waals surface area contributed by atoms with Gasteiger partial charge in [0.15, 0.2) is 0 Å². The summed E-state index contributed by atoms with van der Waals surface area (Å²) in [6.45, 7) is 2.27. The predicted octanol–water partition coefficient (Wildman–Crippen LogP) is 6.16. The molecule has 0 aliphatic heterocycles. The van der Waals surface area contributed by atoms with E-state index in [2.05, 4.69) is 4.98 Å². The molecule has 0 aliphatic carbocycles. The largest absolute Gasteiger partial charge is 0.488 e. The summed E-state index contributed by atoms with van der Waals surface area (Å²) < 4.78 is 17.4. The first-order valence-corrected chi connectivity index (χ1v) is 10.3. The number of ether oxygens (including phenoxy) is 2. The van der Waals surface area contributed by atoms with Gasteiger partial charge in [-0.2, -0.15) is 0 Å². The van der Waals surface area contributed by atoms with Crippen LogP contribution in [0.25, 0.3) is 11.5 Å². The van der Waals surface area contributed by atoms with Crippen LogP contribution >= 0.6 is 11.6 Å². The summed E-state index contributed by atoms with van der Waals surface area (Å²) in [4.78, 5) is 15.9. The molecular formula is C25H20ClNO5. The Labute approximate surface area is 190 Å². The van der Waals surface area contributed by atoms with E-state index in [0.29, 0.717) is 22.4 Å². The van der Waals surface area contributed by atoms with E-state index in [4.69, 9.17) is 25.5 Å². The molecule has 0 radical (unpaired) electrons. The molecule has 0 spiro atoms. The van der Waals surface area contributed by atoms with Gasteiger partial charge in [0.05, 0.1) is 0 Å². The van der Waals surface area contributed by atoms with Crippen LogP contribution in [0.2, 0.25) is 5.02 Å². The fourth-order valence-corrected chi connectivity index (χ4v) is 3.26. The zero-order valence-electron chi connectivity index (χ0n) is 17.2. The molecule has 32 heavy (non-hydrogen) atoms. The molecule has 6 nitrogen and oxygen atoms in total. The van der Waals surface area contributed by atoms with Crippen molar-refractivity contribution in [1.29, 1.82) is 0 Å². The molecule has 0 aliphatic rings. The molecule has 1 N–H and O–H groups in total. The van der Waals surface area contributed by atoms with E-state index in [9.17, 15) is 9.90 Å². The number of carbonyl (C=O) groups is 1. The lowest BCUT2D eigenvalue weighted by atomic mass is 10.2. The van der Waals surface area contributed by atoms with Gasteiger partial charge in [-0.05, 0) is 55.0 Å². The first kappa shape index (κ1) is 21.5. The van der Waals surface area contributed by atoms with Gasteiger partial charge in [0.2, 0.25) is 5.89 Å². The maximum atomic E-state index is 11.4. The highest BCUT2D eigenvalue weighted by molar-refractivity contribution is 6.30. The zero-order chi connectivity index (χ0) is 22.5. The van der Waals surface area contributed by atoms with Gasteiger partial charge in [0.1, 0.15) is 41.7 Å². The van der Waals surface area contributed by atoms with Gasteiger partial charge in [-0.3, -0.25) is 0 Å². The number of carboxylic acids is 1. The minimum absolute atomic E-state index is 0.0533. The number of carboxylic acid groups (broad SMARTS) is 1. The summed E-state index contributed by atoms with van der Waals surface area (Å²) in [5.41, 5.74) is 2.50. The third kappa shape index (κ3) is 5.10. The maximum absolute atomic E-state index is 11.4. The van der Waals surface area contributed by atoms with Crippen LogP contribution < -0.4 is 9.47 Å². The van der Waals surface area contributed by atoms with Gasteiger partial charge >= 0.3 is 5.97 Å². The van der Waals surface area contributed by atoms with E-state index in [1.807, 2.05) is 61.5 Å². The Bertz CT molecular complexity index is 1240. The highest BCUT2D eigenvalue weighted by atomic mass is 35.5. The molecule has 0 fully saturated rings. The number of hydrogen-bond donors (Lipinski definition) is 1. The molecule has 7 heteroatoms. The third-order valence-electron chi connectivity index (χ3n) is 4.76. The van der Waals surface area contributed by atoms with Gasteiger partial charge in [0.25, 0.3) is 0 Å². The second-order valence-electron chi connectivity index (χ2n) is 7.06. The van der Waals surface area contributed by atoms with E-state index < -0.39 is 5.97 Å². The van der Waals surface area contributed by atoms with Crippen molar-refractivity contribution in [2.24, 2.45) is 0 Å². The molecule has 4 aromatic rings. The maximum Gasteiger partial charge on any atom is 0.339 e. The highest BCUT2D eigenvalue weighted by Crippen LogP contribution is 2.26. The summed E-state index contributed by atoms with van der Waals surface area (Å²) in [5.74, 6) is 1.03. The minimum Gasteiger partial charge on any atom is -0.488 e. The molecule has 162 valence electrons. The first-order valence-electron chi connectivity index (χ1n) is 9.88. The average molecular weight is 450 g/mol. The SMILES string of the molecule is Cc1oc(-c2ccccc2)nc1COc1cccc(COc2cc(Cl)ccc2C(=O)O)c1. The molecule has 0 amide bonds. The van der Waals surface area contributed by atoms with Crippen molar-refractivity contribution in [3.8, 4) is 23.0 Å². The number of hydrogen-bond acceptors (Lipinski definition) is 5. The fraction of sp³-hybridized carbons (Fsp3) is 0.120. The van der Waals surface area contributed by atoms with Crippen LogP contribution in [0.4, 0.5) is 0 Å². The summed E-state index contributed by atoms with van der Waals surface area (Å²) in [5, 5.41) is 9.72. The third-order valence-corrected chi connectivity index (χ3v) is 4.99. The summed E-state index contributed by atoms with van der Waals surface area (Å²) in [6, 6.07) is 21.5. The number of benzene rings is 3. The van der Waals surface area contributed by atoms with Crippen LogP contribution in [-0.2, 0) is 13.2 Å². The zero-order valence-corrected chi connectivity index (χ0v) is 18.0. The number of rotatable bonds is 8. The molecule has 3 aromatic carbocycles. The van der Waals surface area contributed by atoms with Gasteiger partial charge in [-0.25, -0.2) is 9.78 Å². The molecule has 0 bridgehead atoms. The second kappa shape index (κ2) is 9.58.